The third kappa shape index (κ3) is 4.25. The fourth-order valence-electron chi connectivity index (χ4n) is 3.00. The monoisotopic (exact) mass is 337 g/mol. The molecule has 0 spiro atoms. The number of nitrogens with zero attached hydrogens (tertiary/aromatic N) is 4. The van der Waals surface area contributed by atoms with Gasteiger partial charge in [-0.3, -0.25) is 9.48 Å². The number of hydrogen-bond donors (Lipinski definition) is 1. The van der Waals surface area contributed by atoms with E-state index in [1.165, 1.54) is 0 Å². The SMILES string of the molecule is COC[C@H](NC(=O)C1CCN(C(=O)N(C)C)CC1)c1ccnn1C. The summed E-state index contributed by atoms with van der Waals surface area (Å²) in [5, 5.41) is 7.21. The van der Waals surface area contributed by atoms with Gasteiger partial charge in [-0.25, -0.2) is 4.79 Å². The Kier molecular flexibility index (Phi) is 6.19. The summed E-state index contributed by atoms with van der Waals surface area (Å²) < 4.78 is 6.97. The minimum atomic E-state index is -0.226. The highest BCUT2D eigenvalue weighted by molar-refractivity contribution is 5.80. The summed E-state index contributed by atoms with van der Waals surface area (Å²) in [4.78, 5) is 27.9. The van der Waals surface area contributed by atoms with Crippen molar-refractivity contribution in [2.24, 2.45) is 13.0 Å². The highest BCUT2D eigenvalue weighted by Crippen LogP contribution is 2.20. The first-order valence-electron chi connectivity index (χ1n) is 8.17. The summed E-state index contributed by atoms with van der Waals surface area (Å²) in [5.41, 5.74) is 0.908. The average Bonchev–Trinajstić information content (AvgIpc) is 2.99. The van der Waals surface area contributed by atoms with E-state index >= 15 is 0 Å². The lowest BCUT2D eigenvalue weighted by Crippen LogP contribution is -2.47. The lowest BCUT2D eigenvalue weighted by molar-refractivity contribution is -0.127. The van der Waals surface area contributed by atoms with Crippen molar-refractivity contribution in [2.45, 2.75) is 18.9 Å². The molecule has 0 aliphatic carbocycles. The molecule has 1 aliphatic heterocycles. The van der Waals surface area contributed by atoms with Gasteiger partial charge in [0, 0.05) is 53.5 Å². The Bertz CT molecular complexity index is 564. The number of rotatable bonds is 5. The zero-order valence-electron chi connectivity index (χ0n) is 14.9. The normalized spacial score (nSPS) is 16.8. The molecule has 0 bridgehead atoms. The second-order valence-corrected chi connectivity index (χ2v) is 6.33. The first-order chi connectivity index (χ1) is 11.4. The van der Waals surface area contributed by atoms with Crippen molar-refractivity contribution in [1.82, 2.24) is 24.9 Å². The number of methoxy groups -OCH3 is 1. The number of aryl methyl sites for hydroxylation is 1. The van der Waals surface area contributed by atoms with Crippen molar-refractivity contribution in [1.29, 1.82) is 0 Å². The van der Waals surface area contributed by atoms with Crippen LogP contribution in [0.4, 0.5) is 4.79 Å². The fourth-order valence-corrected chi connectivity index (χ4v) is 3.00. The zero-order valence-corrected chi connectivity index (χ0v) is 14.9. The van der Waals surface area contributed by atoms with Crippen molar-refractivity contribution < 1.29 is 14.3 Å². The summed E-state index contributed by atoms with van der Waals surface area (Å²) >= 11 is 0. The minimum absolute atomic E-state index is 0.000928. The average molecular weight is 337 g/mol. The van der Waals surface area contributed by atoms with Crippen LogP contribution in [0.25, 0.3) is 0 Å². The zero-order chi connectivity index (χ0) is 17.7. The summed E-state index contributed by atoms with van der Waals surface area (Å²) in [6.45, 7) is 1.61. The van der Waals surface area contributed by atoms with E-state index in [1.54, 1.807) is 41.9 Å². The van der Waals surface area contributed by atoms with Gasteiger partial charge in [0.05, 0.1) is 18.3 Å². The number of aromatic nitrogens is 2. The molecular weight excluding hydrogens is 310 g/mol. The second-order valence-electron chi connectivity index (χ2n) is 6.33. The van der Waals surface area contributed by atoms with Crippen LogP contribution in [0, 0.1) is 5.92 Å². The van der Waals surface area contributed by atoms with Gasteiger partial charge in [-0.1, -0.05) is 0 Å². The van der Waals surface area contributed by atoms with Crippen molar-refractivity contribution in [3.63, 3.8) is 0 Å². The van der Waals surface area contributed by atoms with Gasteiger partial charge in [0.15, 0.2) is 0 Å². The van der Waals surface area contributed by atoms with Crippen molar-refractivity contribution in [3.05, 3.63) is 18.0 Å². The van der Waals surface area contributed by atoms with Crippen molar-refractivity contribution in [3.8, 4) is 0 Å². The van der Waals surface area contributed by atoms with E-state index in [0.717, 1.165) is 5.69 Å². The first-order valence-corrected chi connectivity index (χ1v) is 8.17. The number of carbonyl (C=O) groups excluding carboxylic acids is 2. The Morgan fingerprint density at radius 1 is 1.42 bits per heavy atom. The Balaban J connectivity index is 1.92. The van der Waals surface area contributed by atoms with Crippen LogP contribution in [-0.4, -0.2) is 72.4 Å². The van der Waals surface area contributed by atoms with Gasteiger partial charge in [-0.15, -0.1) is 0 Å². The van der Waals surface area contributed by atoms with Gasteiger partial charge in [0.2, 0.25) is 5.91 Å². The smallest absolute Gasteiger partial charge is 0.319 e. The van der Waals surface area contributed by atoms with Crippen LogP contribution in [-0.2, 0) is 16.6 Å². The van der Waals surface area contributed by atoms with Gasteiger partial charge in [-0.05, 0) is 18.9 Å². The maximum atomic E-state index is 12.6. The number of ether oxygens (including phenoxy) is 1. The Morgan fingerprint density at radius 2 is 2.08 bits per heavy atom. The molecule has 3 amide bonds. The highest BCUT2D eigenvalue weighted by atomic mass is 16.5. The second kappa shape index (κ2) is 8.14. The molecule has 1 aliphatic rings. The molecule has 2 heterocycles. The van der Waals surface area contributed by atoms with Gasteiger partial charge in [-0.2, -0.15) is 5.10 Å². The van der Waals surface area contributed by atoms with Gasteiger partial charge >= 0.3 is 6.03 Å². The number of piperidine rings is 1. The third-order valence-electron chi connectivity index (χ3n) is 4.38. The summed E-state index contributed by atoms with van der Waals surface area (Å²) in [6, 6.07) is 1.65. The molecule has 0 radical (unpaired) electrons. The van der Waals surface area contributed by atoms with E-state index in [9.17, 15) is 9.59 Å². The standard InChI is InChI=1S/C16H27N5O3/c1-19(2)16(23)21-9-6-12(7-10-21)15(22)18-13(11-24-4)14-5-8-17-20(14)3/h5,8,12-13H,6-7,9-11H2,1-4H3,(H,18,22)/t13-/m0/s1. The van der Waals surface area contributed by atoms with Gasteiger partial charge < -0.3 is 19.9 Å². The molecule has 1 saturated heterocycles. The van der Waals surface area contributed by atoms with E-state index in [4.69, 9.17) is 4.74 Å². The molecule has 8 heteroatoms. The van der Waals surface area contributed by atoms with Crippen molar-refractivity contribution in [2.75, 3.05) is 40.9 Å². The van der Waals surface area contributed by atoms with Crippen LogP contribution in [0.1, 0.15) is 24.6 Å². The number of urea groups is 1. The molecule has 2 rings (SSSR count). The maximum Gasteiger partial charge on any atom is 0.319 e. The lowest BCUT2D eigenvalue weighted by atomic mass is 9.95. The first kappa shape index (κ1) is 18.3. The largest absolute Gasteiger partial charge is 0.382 e. The molecule has 1 aromatic rings. The number of carbonyl (C=O) groups is 2. The van der Waals surface area contributed by atoms with Crippen LogP contribution >= 0.6 is 0 Å². The van der Waals surface area contributed by atoms with Crippen LogP contribution in [0.3, 0.4) is 0 Å². The van der Waals surface area contributed by atoms with Crippen molar-refractivity contribution >= 4 is 11.9 Å². The fraction of sp³-hybridized carbons (Fsp3) is 0.688. The summed E-state index contributed by atoms with van der Waals surface area (Å²) in [5.74, 6) is -0.0704. The minimum Gasteiger partial charge on any atom is -0.382 e. The maximum absolute atomic E-state index is 12.6. The van der Waals surface area contributed by atoms with Crippen LogP contribution in [0.15, 0.2) is 12.3 Å². The number of nitrogens with one attached hydrogen (secondary N) is 1. The number of hydrogen-bond acceptors (Lipinski definition) is 4. The Labute approximate surface area is 142 Å². The molecule has 134 valence electrons. The molecule has 0 unspecified atom stereocenters. The Hall–Kier alpha value is -2.09. The molecule has 1 fully saturated rings. The molecule has 0 aromatic carbocycles. The van der Waals surface area contributed by atoms with E-state index in [2.05, 4.69) is 10.4 Å². The van der Waals surface area contributed by atoms with E-state index in [0.29, 0.717) is 32.5 Å². The third-order valence-corrected chi connectivity index (χ3v) is 4.38. The predicted molar refractivity (Wildman–Crippen MR) is 89.3 cm³/mol. The van der Waals surface area contributed by atoms with Crippen LogP contribution < -0.4 is 5.32 Å². The number of likely N-dealkylation sites (tertiary alicyclic amines) is 1. The molecule has 24 heavy (non-hydrogen) atoms. The predicted octanol–water partition coefficient (Wildman–Crippen LogP) is 0.617. The molecule has 0 saturated carbocycles. The molecule has 1 atom stereocenters. The molecular formula is C16H27N5O3. The molecule has 1 N–H and O–H groups in total. The number of amides is 3. The van der Waals surface area contributed by atoms with E-state index in [-0.39, 0.29) is 23.9 Å². The summed E-state index contributed by atoms with van der Waals surface area (Å²) in [7, 11) is 6.94. The van der Waals surface area contributed by atoms with Crippen LogP contribution in [0.5, 0.6) is 0 Å². The highest BCUT2D eigenvalue weighted by Gasteiger charge is 2.29. The van der Waals surface area contributed by atoms with Gasteiger partial charge in [0.1, 0.15) is 0 Å². The van der Waals surface area contributed by atoms with E-state index in [1.807, 2.05) is 13.1 Å². The van der Waals surface area contributed by atoms with E-state index < -0.39 is 0 Å². The Morgan fingerprint density at radius 3 is 2.58 bits per heavy atom. The van der Waals surface area contributed by atoms with Gasteiger partial charge in [0.25, 0.3) is 0 Å². The molecule has 8 nitrogen and oxygen atoms in total. The lowest BCUT2D eigenvalue weighted by Gasteiger charge is -2.33. The molecule has 1 aromatic heterocycles. The van der Waals surface area contributed by atoms with Crippen LogP contribution in [0.2, 0.25) is 0 Å². The topological polar surface area (TPSA) is 79.7 Å². The quantitative estimate of drug-likeness (QED) is 0.854. The summed E-state index contributed by atoms with van der Waals surface area (Å²) in [6.07, 6.45) is 3.06.